The molecule has 0 atom stereocenters. The SMILES string of the molecule is COC(CNC(=O)c1cc2cc(C)ccc2[nH]1)OC. The second-order valence-electron chi connectivity index (χ2n) is 4.38. The maximum Gasteiger partial charge on any atom is 0.267 e. The largest absolute Gasteiger partial charge is 0.354 e. The number of ether oxygens (including phenoxy) is 2. The molecule has 1 aromatic heterocycles. The molecule has 2 N–H and O–H groups in total. The van der Waals surface area contributed by atoms with E-state index in [9.17, 15) is 4.79 Å². The lowest BCUT2D eigenvalue weighted by molar-refractivity contribution is -0.0974. The molecule has 0 spiro atoms. The average molecular weight is 262 g/mol. The molecule has 102 valence electrons. The van der Waals surface area contributed by atoms with Crippen molar-refractivity contribution in [1.29, 1.82) is 0 Å². The van der Waals surface area contributed by atoms with Crippen LogP contribution in [-0.4, -0.2) is 37.9 Å². The topological polar surface area (TPSA) is 63.3 Å². The van der Waals surface area contributed by atoms with E-state index in [0.717, 1.165) is 16.5 Å². The van der Waals surface area contributed by atoms with Gasteiger partial charge in [0.15, 0.2) is 6.29 Å². The molecule has 19 heavy (non-hydrogen) atoms. The first-order valence-corrected chi connectivity index (χ1v) is 6.07. The second kappa shape index (κ2) is 5.86. The molecule has 0 aliphatic heterocycles. The van der Waals surface area contributed by atoms with Crippen LogP contribution in [0.25, 0.3) is 10.9 Å². The van der Waals surface area contributed by atoms with Crippen LogP contribution < -0.4 is 5.32 Å². The summed E-state index contributed by atoms with van der Waals surface area (Å²) >= 11 is 0. The number of aromatic nitrogens is 1. The van der Waals surface area contributed by atoms with E-state index in [0.29, 0.717) is 12.2 Å². The lowest BCUT2D eigenvalue weighted by atomic mass is 10.2. The first-order chi connectivity index (χ1) is 9.13. The molecule has 5 nitrogen and oxygen atoms in total. The number of aromatic amines is 1. The zero-order valence-corrected chi connectivity index (χ0v) is 11.3. The maximum atomic E-state index is 12.0. The lowest BCUT2D eigenvalue weighted by Crippen LogP contribution is -2.34. The average Bonchev–Trinajstić information content (AvgIpc) is 2.82. The summed E-state index contributed by atoms with van der Waals surface area (Å²) < 4.78 is 10.0. The van der Waals surface area contributed by atoms with Crippen LogP contribution in [0.3, 0.4) is 0 Å². The quantitative estimate of drug-likeness (QED) is 0.808. The Morgan fingerprint density at radius 2 is 2.05 bits per heavy atom. The number of hydrogen-bond acceptors (Lipinski definition) is 3. The van der Waals surface area contributed by atoms with Gasteiger partial charge in [-0.25, -0.2) is 0 Å². The first-order valence-electron chi connectivity index (χ1n) is 6.07. The summed E-state index contributed by atoms with van der Waals surface area (Å²) in [6.07, 6.45) is -0.435. The Morgan fingerprint density at radius 3 is 2.74 bits per heavy atom. The third-order valence-corrected chi connectivity index (χ3v) is 2.98. The van der Waals surface area contributed by atoms with Gasteiger partial charge in [0.1, 0.15) is 5.69 Å². The van der Waals surface area contributed by atoms with Crippen LogP contribution >= 0.6 is 0 Å². The number of rotatable bonds is 5. The van der Waals surface area contributed by atoms with Crippen LogP contribution in [0.5, 0.6) is 0 Å². The molecule has 2 aromatic rings. The van der Waals surface area contributed by atoms with Gasteiger partial charge in [0.25, 0.3) is 5.91 Å². The normalized spacial score (nSPS) is 11.2. The number of amides is 1. The molecular weight excluding hydrogens is 244 g/mol. The van der Waals surface area contributed by atoms with Crippen molar-refractivity contribution in [2.45, 2.75) is 13.2 Å². The highest BCUT2D eigenvalue weighted by atomic mass is 16.7. The maximum absolute atomic E-state index is 12.0. The molecule has 2 rings (SSSR count). The summed E-state index contributed by atoms with van der Waals surface area (Å²) in [6, 6.07) is 7.85. The van der Waals surface area contributed by atoms with E-state index >= 15 is 0 Å². The van der Waals surface area contributed by atoms with Crippen molar-refractivity contribution in [3.8, 4) is 0 Å². The van der Waals surface area contributed by atoms with Crippen molar-refractivity contribution >= 4 is 16.8 Å². The van der Waals surface area contributed by atoms with E-state index in [2.05, 4.69) is 10.3 Å². The Morgan fingerprint density at radius 1 is 1.32 bits per heavy atom. The van der Waals surface area contributed by atoms with Crippen LogP contribution in [0, 0.1) is 6.92 Å². The molecule has 0 unspecified atom stereocenters. The van der Waals surface area contributed by atoms with Crippen molar-refractivity contribution in [3.63, 3.8) is 0 Å². The smallest absolute Gasteiger partial charge is 0.267 e. The molecule has 0 fully saturated rings. The Bertz CT molecular complexity index is 573. The second-order valence-corrected chi connectivity index (χ2v) is 4.38. The molecule has 0 aliphatic carbocycles. The summed E-state index contributed by atoms with van der Waals surface area (Å²) in [5.74, 6) is -0.173. The van der Waals surface area contributed by atoms with Crippen LogP contribution in [0.1, 0.15) is 16.1 Å². The van der Waals surface area contributed by atoms with Crippen molar-refractivity contribution in [2.75, 3.05) is 20.8 Å². The molecule has 0 saturated heterocycles. The van der Waals surface area contributed by atoms with Gasteiger partial charge in [0.05, 0.1) is 6.54 Å². The molecule has 1 heterocycles. The zero-order valence-electron chi connectivity index (χ0n) is 11.3. The number of H-pyrrole nitrogens is 1. The van der Waals surface area contributed by atoms with Gasteiger partial charge < -0.3 is 19.8 Å². The predicted molar refractivity (Wildman–Crippen MR) is 73.2 cm³/mol. The molecule has 0 radical (unpaired) electrons. The first kappa shape index (κ1) is 13.6. The zero-order chi connectivity index (χ0) is 13.8. The summed E-state index contributed by atoms with van der Waals surface area (Å²) in [4.78, 5) is 15.1. The summed E-state index contributed by atoms with van der Waals surface area (Å²) in [7, 11) is 3.07. The van der Waals surface area contributed by atoms with Crippen molar-refractivity contribution in [2.24, 2.45) is 0 Å². The number of fused-ring (bicyclic) bond motifs is 1. The Labute approximate surface area is 111 Å². The van der Waals surface area contributed by atoms with E-state index in [-0.39, 0.29) is 5.91 Å². The third kappa shape index (κ3) is 3.13. The van der Waals surface area contributed by atoms with Gasteiger partial charge in [-0.2, -0.15) is 0 Å². The monoisotopic (exact) mass is 262 g/mol. The molecule has 0 saturated carbocycles. The number of methoxy groups -OCH3 is 2. The van der Waals surface area contributed by atoms with Gasteiger partial charge >= 0.3 is 0 Å². The van der Waals surface area contributed by atoms with E-state index in [1.807, 2.05) is 31.2 Å². The number of hydrogen-bond donors (Lipinski definition) is 2. The fourth-order valence-corrected chi connectivity index (χ4v) is 1.91. The van der Waals surface area contributed by atoms with Crippen molar-refractivity contribution < 1.29 is 14.3 Å². The van der Waals surface area contributed by atoms with Crippen LogP contribution in [0.4, 0.5) is 0 Å². The minimum atomic E-state index is -0.435. The Hall–Kier alpha value is -1.85. The standard InChI is InChI=1S/C14H18N2O3/c1-9-4-5-11-10(6-9)7-12(16-11)14(17)15-8-13(18-2)19-3/h4-7,13,16H,8H2,1-3H3,(H,15,17). The highest BCUT2D eigenvalue weighted by molar-refractivity contribution is 5.98. The van der Waals surface area contributed by atoms with Crippen LogP contribution in [-0.2, 0) is 9.47 Å². The Kier molecular flexibility index (Phi) is 4.19. The summed E-state index contributed by atoms with van der Waals surface area (Å²) in [6.45, 7) is 2.33. The van der Waals surface area contributed by atoms with E-state index < -0.39 is 6.29 Å². The predicted octanol–water partition coefficient (Wildman–Crippen LogP) is 1.83. The summed E-state index contributed by atoms with van der Waals surface area (Å²) in [5.41, 5.74) is 2.65. The van der Waals surface area contributed by atoms with E-state index in [4.69, 9.17) is 9.47 Å². The number of benzene rings is 1. The van der Waals surface area contributed by atoms with Gasteiger partial charge in [-0.05, 0) is 25.1 Å². The Balaban J connectivity index is 2.09. The minimum Gasteiger partial charge on any atom is -0.354 e. The number of carbonyl (C=O) groups excluding carboxylic acids is 1. The van der Waals surface area contributed by atoms with Crippen molar-refractivity contribution in [1.82, 2.24) is 10.3 Å². The number of aryl methyl sites for hydroxylation is 1. The summed E-state index contributed by atoms with van der Waals surface area (Å²) in [5, 5.41) is 3.78. The van der Waals surface area contributed by atoms with Gasteiger partial charge in [-0.1, -0.05) is 11.6 Å². The van der Waals surface area contributed by atoms with Crippen molar-refractivity contribution in [3.05, 3.63) is 35.5 Å². The number of carbonyl (C=O) groups is 1. The third-order valence-electron chi connectivity index (χ3n) is 2.98. The van der Waals surface area contributed by atoms with E-state index in [1.54, 1.807) is 0 Å². The van der Waals surface area contributed by atoms with Gasteiger partial charge in [0, 0.05) is 25.1 Å². The van der Waals surface area contributed by atoms with Gasteiger partial charge in [-0.15, -0.1) is 0 Å². The highest BCUT2D eigenvalue weighted by Gasteiger charge is 2.12. The lowest BCUT2D eigenvalue weighted by Gasteiger charge is -2.13. The van der Waals surface area contributed by atoms with Crippen LogP contribution in [0.2, 0.25) is 0 Å². The molecule has 5 heteroatoms. The fourth-order valence-electron chi connectivity index (χ4n) is 1.91. The highest BCUT2D eigenvalue weighted by Crippen LogP contribution is 2.16. The molecule has 0 aliphatic rings. The van der Waals surface area contributed by atoms with Gasteiger partial charge in [0.2, 0.25) is 0 Å². The van der Waals surface area contributed by atoms with Gasteiger partial charge in [-0.3, -0.25) is 4.79 Å². The molecule has 1 aromatic carbocycles. The molecule has 0 bridgehead atoms. The fraction of sp³-hybridized carbons (Fsp3) is 0.357. The van der Waals surface area contributed by atoms with E-state index in [1.165, 1.54) is 14.2 Å². The molecule has 1 amide bonds. The molecular formula is C14H18N2O3. The number of nitrogens with one attached hydrogen (secondary N) is 2. The minimum absolute atomic E-state index is 0.173. The van der Waals surface area contributed by atoms with Crippen LogP contribution in [0.15, 0.2) is 24.3 Å².